The van der Waals surface area contributed by atoms with Gasteiger partial charge in [0.25, 0.3) is 5.91 Å². The number of benzene rings is 1. The fraction of sp³-hybridized carbons (Fsp3) is 0.556. The average molecular weight is 397 g/mol. The van der Waals surface area contributed by atoms with Gasteiger partial charge in [-0.2, -0.15) is 0 Å². The summed E-state index contributed by atoms with van der Waals surface area (Å²) >= 11 is 0. The molecule has 2 fully saturated rings. The molecule has 0 spiro atoms. The van der Waals surface area contributed by atoms with E-state index in [1.807, 2.05) is 0 Å². The van der Waals surface area contributed by atoms with Crippen molar-refractivity contribution in [1.82, 2.24) is 4.90 Å². The zero-order chi connectivity index (χ0) is 19.6. The smallest absolute Gasteiger partial charge is 0.337 e. The summed E-state index contributed by atoms with van der Waals surface area (Å²) in [4.78, 5) is 26.0. The Morgan fingerprint density at radius 2 is 1.85 bits per heavy atom. The van der Waals surface area contributed by atoms with Gasteiger partial charge in [0.05, 0.1) is 31.3 Å². The molecule has 9 heteroatoms. The van der Waals surface area contributed by atoms with E-state index in [2.05, 4.69) is 4.74 Å². The largest absolute Gasteiger partial charge is 0.493 e. The Kier molecular flexibility index (Phi) is 5.59. The summed E-state index contributed by atoms with van der Waals surface area (Å²) in [6.07, 6.45) is 2.25. The first-order valence-electron chi connectivity index (χ1n) is 8.75. The van der Waals surface area contributed by atoms with E-state index in [-0.39, 0.29) is 36.1 Å². The standard InChI is InChI=1S/C18H23NO7S/c1-24-16-9-12(18(21)25-2)3-6-15(16)26-10-17(20)19(13-4-5-13)14-7-8-27(22,23)11-14/h3,6,9,13-14H,4-5,7-8,10-11H2,1-2H3/t14-/m0/s1. The Morgan fingerprint density at radius 3 is 2.41 bits per heavy atom. The topological polar surface area (TPSA) is 99.2 Å². The van der Waals surface area contributed by atoms with Crippen LogP contribution in [-0.4, -0.2) is 69.6 Å². The Balaban J connectivity index is 1.68. The molecule has 1 aliphatic carbocycles. The average Bonchev–Trinajstić information content (AvgIpc) is 3.42. The highest BCUT2D eigenvalue weighted by Gasteiger charge is 2.42. The fourth-order valence-electron chi connectivity index (χ4n) is 3.30. The molecular formula is C18H23NO7S. The van der Waals surface area contributed by atoms with Crippen LogP contribution < -0.4 is 9.47 Å². The maximum atomic E-state index is 12.7. The zero-order valence-corrected chi connectivity index (χ0v) is 16.2. The van der Waals surface area contributed by atoms with Crippen molar-refractivity contribution in [3.05, 3.63) is 23.8 Å². The van der Waals surface area contributed by atoms with E-state index >= 15 is 0 Å². The summed E-state index contributed by atoms with van der Waals surface area (Å²) in [5.74, 6) is 0.0434. The highest BCUT2D eigenvalue weighted by atomic mass is 32.2. The second-order valence-corrected chi connectivity index (χ2v) is 8.96. The van der Waals surface area contributed by atoms with Gasteiger partial charge in [-0.15, -0.1) is 0 Å². The predicted octanol–water partition coefficient (Wildman–Crippen LogP) is 1.04. The number of hydrogen-bond acceptors (Lipinski definition) is 7. The van der Waals surface area contributed by atoms with Gasteiger partial charge in [-0.05, 0) is 37.5 Å². The van der Waals surface area contributed by atoms with Gasteiger partial charge in [-0.3, -0.25) is 4.79 Å². The van der Waals surface area contributed by atoms with E-state index in [9.17, 15) is 18.0 Å². The SMILES string of the molecule is COC(=O)c1ccc(OCC(=O)N(C2CC2)[C@H]2CCS(=O)(=O)C2)c(OC)c1. The number of esters is 1. The quantitative estimate of drug-likeness (QED) is 0.634. The number of hydrogen-bond donors (Lipinski definition) is 0. The first kappa shape index (κ1) is 19.5. The van der Waals surface area contributed by atoms with E-state index in [0.29, 0.717) is 23.5 Å². The summed E-state index contributed by atoms with van der Waals surface area (Å²) in [5, 5.41) is 0. The van der Waals surface area contributed by atoms with Gasteiger partial charge >= 0.3 is 5.97 Å². The third-order valence-corrected chi connectivity index (χ3v) is 6.52. The highest BCUT2D eigenvalue weighted by molar-refractivity contribution is 7.91. The van der Waals surface area contributed by atoms with Gasteiger partial charge in [0, 0.05) is 12.1 Å². The molecule has 1 aromatic rings. The lowest BCUT2D eigenvalue weighted by molar-refractivity contribution is -0.135. The van der Waals surface area contributed by atoms with Crippen molar-refractivity contribution in [3.63, 3.8) is 0 Å². The van der Waals surface area contributed by atoms with Crippen LogP contribution in [0.15, 0.2) is 18.2 Å². The molecule has 148 valence electrons. The number of amides is 1. The lowest BCUT2D eigenvalue weighted by Crippen LogP contribution is -2.45. The molecule has 3 rings (SSSR count). The normalized spacial score (nSPS) is 20.7. The lowest BCUT2D eigenvalue weighted by Gasteiger charge is -2.28. The predicted molar refractivity (Wildman–Crippen MR) is 96.8 cm³/mol. The number of ether oxygens (including phenoxy) is 3. The van der Waals surface area contributed by atoms with E-state index in [4.69, 9.17) is 9.47 Å². The summed E-state index contributed by atoms with van der Waals surface area (Å²) in [6, 6.07) is 4.37. The van der Waals surface area contributed by atoms with Crippen LogP contribution in [0, 0.1) is 0 Å². The zero-order valence-electron chi connectivity index (χ0n) is 15.3. The van der Waals surface area contributed by atoms with Gasteiger partial charge in [0.1, 0.15) is 0 Å². The van der Waals surface area contributed by atoms with E-state index < -0.39 is 15.8 Å². The van der Waals surface area contributed by atoms with Crippen molar-refractivity contribution >= 4 is 21.7 Å². The minimum atomic E-state index is -3.07. The van der Waals surface area contributed by atoms with Crippen molar-refractivity contribution < 1.29 is 32.2 Å². The summed E-state index contributed by atoms with van der Waals surface area (Å²) in [7, 11) is -0.351. The van der Waals surface area contributed by atoms with Gasteiger partial charge in [-0.1, -0.05) is 0 Å². The maximum absolute atomic E-state index is 12.7. The molecule has 2 aliphatic rings. The minimum Gasteiger partial charge on any atom is -0.493 e. The number of rotatable bonds is 7. The monoisotopic (exact) mass is 397 g/mol. The number of carbonyl (C=O) groups excluding carboxylic acids is 2. The third kappa shape index (κ3) is 4.52. The van der Waals surface area contributed by atoms with Crippen molar-refractivity contribution in [2.24, 2.45) is 0 Å². The van der Waals surface area contributed by atoms with E-state index in [0.717, 1.165) is 12.8 Å². The van der Waals surface area contributed by atoms with Gasteiger partial charge in [-0.25, -0.2) is 13.2 Å². The van der Waals surface area contributed by atoms with Crippen LogP contribution in [0.2, 0.25) is 0 Å². The van der Waals surface area contributed by atoms with Crippen LogP contribution in [0.1, 0.15) is 29.6 Å². The molecule has 1 aromatic carbocycles. The summed E-state index contributed by atoms with van der Waals surface area (Å²) in [5.41, 5.74) is 0.309. The van der Waals surface area contributed by atoms with E-state index in [1.165, 1.54) is 26.4 Å². The molecule has 1 atom stereocenters. The van der Waals surface area contributed by atoms with Crippen LogP contribution in [0.5, 0.6) is 11.5 Å². The Hall–Kier alpha value is -2.29. The van der Waals surface area contributed by atoms with E-state index in [1.54, 1.807) is 11.0 Å². The Labute approximate surface area is 158 Å². The second-order valence-electron chi connectivity index (χ2n) is 6.73. The van der Waals surface area contributed by atoms with Gasteiger partial charge in [0.2, 0.25) is 0 Å². The molecule has 1 aliphatic heterocycles. The molecule has 0 radical (unpaired) electrons. The van der Waals surface area contributed by atoms with Crippen molar-refractivity contribution in [1.29, 1.82) is 0 Å². The van der Waals surface area contributed by atoms with Crippen LogP contribution in [-0.2, 0) is 19.4 Å². The molecule has 1 saturated carbocycles. The summed E-state index contributed by atoms with van der Waals surface area (Å²) in [6.45, 7) is -0.221. The Morgan fingerprint density at radius 1 is 1.11 bits per heavy atom. The number of nitrogens with zero attached hydrogens (tertiary/aromatic N) is 1. The molecule has 0 N–H and O–H groups in total. The molecule has 1 amide bonds. The molecule has 0 bridgehead atoms. The van der Waals surface area contributed by atoms with Crippen LogP contribution in [0.25, 0.3) is 0 Å². The third-order valence-electron chi connectivity index (χ3n) is 4.77. The Bertz CT molecular complexity index is 832. The number of carbonyl (C=O) groups is 2. The second kappa shape index (κ2) is 7.75. The minimum absolute atomic E-state index is 0.0202. The number of methoxy groups -OCH3 is 2. The summed E-state index contributed by atoms with van der Waals surface area (Å²) < 4.78 is 39.0. The van der Waals surface area contributed by atoms with Crippen molar-refractivity contribution in [3.8, 4) is 11.5 Å². The number of sulfone groups is 1. The maximum Gasteiger partial charge on any atom is 0.337 e. The molecule has 0 aromatic heterocycles. The molecule has 1 heterocycles. The molecule has 27 heavy (non-hydrogen) atoms. The molecule has 8 nitrogen and oxygen atoms in total. The first-order chi connectivity index (χ1) is 12.8. The fourth-order valence-corrected chi connectivity index (χ4v) is 5.01. The van der Waals surface area contributed by atoms with Gasteiger partial charge in [0.15, 0.2) is 27.9 Å². The molecular weight excluding hydrogens is 374 g/mol. The highest BCUT2D eigenvalue weighted by Crippen LogP contribution is 2.33. The van der Waals surface area contributed by atoms with Gasteiger partial charge < -0.3 is 19.1 Å². The van der Waals surface area contributed by atoms with Crippen LogP contribution in [0.3, 0.4) is 0 Å². The molecule has 0 unspecified atom stereocenters. The van der Waals surface area contributed by atoms with Crippen molar-refractivity contribution in [2.75, 3.05) is 32.3 Å². The van der Waals surface area contributed by atoms with Crippen LogP contribution in [0.4, 0.5) is 0 Å². The first-order valence-corrected chi connectivity index (χ1v) is 10.6. The molecule has 1 saturated heterocycles. The van der Waals surface area contributed by atoms with Crippen molar-refractivity contribution in [2.45, 2.75) is 31.3 Å². The lowest BCUT2D eigenvalue weighted by atomic mass is 10.2. The van der Waals surface area contributed by atoms with Crippen LogP contribution >= 0.6 is 0 Å².